The van der Waals surface area contributed by atoms with Gasteiger partial charge in [0.05, 0.1) is 6.61 Å². The van der Waals surface area contributed by atoms with E-state index in [1.165, 1.54) is 0 Å². The fourth-order valence-electron chi connectivity index (χ4n) is 2.22. The molecule has 0 fully saturated rings. The van der Waals surface area contributed by atoms with E-state index < -0.39 is 17.9 Å². The van der Waals surface area contributed by atoms with Crippen molar-refractivity contribution in [3.05, 3.63) is 60.2 Å². The molecular weight excluding hydrogens is 344 g/mol. The maximum absolute atomic E-state index is 12.2. The summed E-state index contributed by atoms with van der Waals surface area (Å²) in [6, 6.07) is 15.8. The molecule has 27 heavy (non-hydrogen) atoms. The molecule has 2 aromatic rings. The monoisotopic (exact) mass is 370 g/mol. The SMILES string of the molecule is CCC(Oc1ccccc1)C(=O)NNC(=O)c1ccc(OCC(C)C)cc1. The number of para-hydroxylation sites is 1. The van der Waals surface area contributed by atoms with Crippen LogP contribution in [0, 0.1) is 5.92 Å². The number of hydrogen-bond acceptors (Lipinski definition) is 4. The van der Waals surface area contributed by atoms with Crippen molar-refractivity contribution in [3.63, 3.8) is 0 Å². The van der Waals surface area contributed by atoms with E-state index in [4.69, 9.17) is 9.47 Å². The third kappa shape index (κ3) is 6.66. The Balaban J connectivity index is 1.85. The minimum Gasteiger partial charge on any atom is -0.493 e. The average molecular weight is 370 g/mol. The van der Waals surface area contributed by atoms with Gasteiger partial charge in [0.2, 0.25) is 0 Å². The molecule has 2 rings (SSSR count). The zero-order chi connectivity index (χ0) is 19.6. The summed E-state index contributed by atoms with van der Waals surface area (Å²) in [4.78, 5) is 24.4. The summed E-state index contributed by atoms with van der Waals surface area (Å²) in [7, 11) is 0. The Hall–Kier alpha value is -3.02. The van der Waals surface area contributed by atoms with E-state index in [0.717, 1.165) is 0 Å². The second-order valence-corrected chi connectivity index (χ2v) is 6.50. The number of rotatable bonds is 8. The number of carbonyl (C=O) groups is 2. The third-order valence-corrected chi connectivity index (χ3v) is 3.68. The lowest BCUT2D eigenvalue weighted by molar-refractivity contribution is -0.128. The van der Waals surface area contributed by atoms with Gasteiger partial charge in [-0.3, -0.25) is 20.4 Å². The molecule has 6 heteroatoms. The zero-order valence-electron chi connectivity index (χ0n) is 15.9. The summed E-state index contributed by atoms with van der Waals surface area (Å²) in [6.07, 6.45) is -0.224. The molecule has 0 heterocycles. The maximum atomic E-state index is 12.2. The van der Waals surface area contributed by atoms with Crippen molar-refractivity contribution in [2.45, 2.75) is 33.3 Å². The highest BCUT2D eigenvalue weighted by molar-refractivity contribution is 5.95. The van der Waals surface area contributed by atoms with E-state index >= 15 is 0 Å². The molecule has 0 aliphatic heterocycles. The van der Waals surface area contributed by atoms with Gasteiger partial charge in [0.25, 0.3) is 11.8 Å². The first-order valence-electron chi connectivity index (χ1n) is 9.04. The number of hydrazine groups is 1. The second kappa shape index (κ2) is 10.2. The van der Waals surface area contributed by atoms with Crippen LogP contribution >= 0.6 is 0 Å². The Morgan fingerprint density at radius 1 is 0.926 bits per heavy atom. The van der Waals surface area contributed by atoms with Crippen molar-refractivity contribution >= 4 is 11.8 Å². The van der Waals surface area contributed by atoms with Crippen LogP contribution in [0.4, 0.5) is 0 Å². The first kappa shape index (κ1) is 20.3. The number of hydrogen-bond donors (Lipinski definition) is 2. The molecule has 0 saturated carbocycles. The van der Waals surface area contributed by atoms with Gasteiger partial charge in [0.1, 0.15) is 11.5 Å². The predicted octanol–water partition coefficient (Wildman–Crippen LogP) is 3.34. The minimum absolute atomic E-state index is 0.409. The van der Waals surface area contributed by atoms with Crippen LogP contribution in [-0.4, -0.2) is 24.5 Å². The summed E-state index contributed by atoms with van der Waals surface area (Å²) in [6.45, 7) is 6.58. The van der Waals surface area contributed by atoms with Gasteiger partial charge in [0, 0.05) is 5.56 Å². The van der Waals surface area contributed by atoms with Gasteiger partial charge in [-0.1, -0.05) is 39.0 Å². The van der Waals surface area contributed by atoms with Crippen molar-refractivity contribution in [2.75, 3.05) is 6.61 Å². The molecule has 0 bridgehead atoms. The summed E-state index contributed by atoms with van der Waals surface area (Å²) in [5, 5.41) is 0. The summed E-state index contributed by atoms with van der Waals surface area (Å²) < 4.78 is 11.2. The average Bonchev–Trinajstić information content (AvgIpc) is 2.69. The van der Waals surface area contributed by atoms with Gasteiger partial charge in [-0.15, -0.1) is 0 Å². The van der Waals surface area contributed by atoms with Crippen LogP contribution in [0.2, 0.25) is 0 Å². The first-order valence-corrected chi connectivity index (χ1v) is 9.04. The highest BCUT2D eigenvalue weighted by atomic mass is 16.5. The maximum Gasteiger partial charge on any atom is 0.279 e. The van der Waals surface area contributed by atoms with E-state index in [-0.39, 0.29) is 0 Å². The lowest BCUT2D eigenvalue weighted by Gasteiger charge is -2.17. The number of benzene rings is 2. The van der Waals surface area contributed by atoms with Crippen molar-refractivity contribution in [1.82, 2.24) is 10.9 Å². The van der Waals surface area contributed by atoms with E-state index in [9.17, 15) is 9.59 Å². The predicted molar refractivity (Wildman–Crippen MR) is 104 cm³/mol. The summed E-state index contributed by atoms with van der Waals surface area (Å²) in [5.41, 5.74) is 5.24. The third-order valence-electron chi connectivity index (χ3n) is 3.68. The Labute approximate surface area is 159 Å². The van der Waals surface area contributed by atoms with E-state index in [0.29, 0.717) is 36.0 Å². The van der Waals surface area contributed by atoms with Crippen LogP contribution in [0.3, 0.4) is 0 Å². The van der Waals surface area contributed by atoms with Crippen molar-refractivity contribution < 1.29 is 19.1 Å². The lowest BCUT2D eigenvalue weighted by Crippen LogP contribution is -2.47. The van der Waals surface area contributed by atoms with Gasteiger partial charge in [-0.25, -0.2) is 0 Å². The molecule has 0 aromatic heterocycles. The molecule has 1 atom stereocenters. The van der Waals surface area contributed by atoms with Gasteiger partial charge < -0.3 is 9.47 Å². The molecule has 1 unspecified atom stereocenters. The quantitative estimate of drug-likeness (QED) is 0.699. The fraction of sp³-hybridized carbons (Fsp3) is 0.333. The number of carbonyl (C=O) groups excluding carboxylic acids is 2. The van der Waals surface area contributed by atoms with Crippen LogP contribution in [0.1, 0.15) is 37.6 Å². The number of ether oxygens (including phenoxy) is 2. The Morgan fingerprint density at radius 2 is 1.59 bits per heavy atom. The number of nitrogens with one attached hydrogen (secondary N) is 2. The molecule has 0 aliphatic rings. The summed E-state index contributed by atoms with van der Waals surface area (Å²) in [5.74, 6) is 0.905. The van der Waals surface area contributed by atoms with E-state index in [2.05, 4.69) is 24.7 Å². The first-order chi connectivity index (χ1) is 13.0. The van der Waals surface area contributed by atoms with Crippen molar-refractivity contribution in [2.24, 2.45) is 5.92 Å². The molecule has 2 amide bonds. The fourth-order valence-corrected chi connectivity index (χ4v) is 2.22. The standard InChI is InChI=1S/C21H26N2O4/c1-4-19(27-18-8-6-5-7-9-18)21(25)23-22-20(24)16-10-12-17(13-11-16)26-14-15(2)3/h5-13,15,19H,4,14H2,1-3H3,(H,22,24)(H,23,25). The Bertz CT molecular complexity index is 730. The second-order valence-electron chi connectivity index (χ2n) is 6.50. The van der Waals surface area contributed by atoms with Crippen LogP contribution in [-0.2, 0) is 4.79 Å². The van der Waals surface area contributed by atoms with E-state index in [1.807, 2.05) is 25.1 Å². The van der Waals surface area contributed by atoms with Gasteiger partial charge in [0.15, 0.2) is 6.10 Å². The smallest absolute Gasteiger partial charge is 0.279 e. The molecule has 0 saturated heterocycles. The van der Waals surface area contributed by atoms with Gasteiger partial charge in [-0.05, 0) is 48.7 Å². The van der Waals surface area contributed by atoms with Crippen molar-refractivity contribution in [3.8, 4) is 11.5 Å². The Morgan fingerprint density at radius 3 is 2.19 bits per heavy atom. The largest absolute Gasteiger partial charge is 0.493 e. The molecule has 0 radical (unpaired) electrons. The zero-order valence-corrected chi connectivity index (χ0v) is 15.9. The molecule has 2 N–H and O–H groups in total. The topological polar surface area (TPSA) is 76.7 Å². The molecule has 0 aliphatic carbocycles. The normalized spacial score (nSPS) is 11.6. The van der Waals surface area contributed by atoms with Crippen LogP contribution < -0.4 is 20.3 Å². The van der Waals surface area contributed by atoms with E-state index in [1.54, 1.807) is 36.4 Å². The van der Waals surface area contributed by atoms with Crippen LogP contribution in [0.25, 0.3) is 0 Å². The molecular formula is C21H26N2O4. The molecule has 144 valence electrons. The van der Waals surface area contributed by atoms with Crippen molar-refractivity contribution in [1.29, 1.82) is 0 Å². The van der Waals surface area contributed by atoms with Crippen LogP contribution in [0.15, 0.2) is 54.6 Å². The molecule has 0 spiro atoms. The minimum atomic E-state index is -0.695. The number of amides is 2. The highest BCUT2D eigenvalue weighted by Crippen LogP contribution is 2.14. The summed E-state index contributed by atoms with van der Waals surface area (Å²) >= 11 is 0. The Kier molecular flexibility index (Phi) is 7.67. The lowest BCUT2D eigenvalue weighted by atomic mass is 10.2. The highest BCUT2D eigenvalue weighted by Gasteiger charge is 2.19. The van der Waals surface area contributed by atoms with Gasteiger partial charge in [-0.2, -0.15) is 0 Å². The van der Waals surface area contributed by atoms with Gasteiger partial charge >= 0.3 is 0 Å². The molecule has 2 aromatic carbocycles. The molecule has 6 nitrogen and oxygen atoms in total. The van der Waals surface area contributed by atoms with Crippen LogP contribution in [0.5, 0.6) is 11.5 Å².